The molecule has 7 heteroatoms. The number of anilines is 1. The summed E-state index contributed by atoms with van der Waals surface area (Å²) in [5, 5.41) is 5.54. The van der Waals surface area contributed by atoms with Gasteiger partial charge in [0.25, 0.3) is 0 Å². The van der Waals surface area contributed by atoms with Crippen LogP contribution in [0.2, 0.25) is 0 Å². The molecule has 0 saturated carbocycles. The number of benzene rings is 1. The fourth-order valence-corrected chi connectivity index (χ4v) is 1.47. The normalized spacial score (nSPS) is 10.9. The van der Waals surface area contributed by atoms with Gasteiger partial charge >= 0.3 is 6.61 Å². The number of ether oxygens (including phenoxy) is 1. The molecule has 0 aliphatic rings. The first-order valence-electron chi connectivity index (χ1n) is 6.16. The molecule has 0 heterocycles. The number of hydrogen-bond acceptors (Lipinski definition) is 3. The van der Waals surface area contributed by atoms with Crippen LogP contribution in [0.1, 0.15) is 20.3 Å². The van der Waals surface area contributed by atoms with Gasteiger partial charge in [-0.3, -0.25) is 4.79 Å². The Bertz CT molecular complexity index is 453. The first-order chi connectivity index (χ1) is 9.38. The van der Waals surface area contributed by atoms with Crippen molar-refractivity contribution in [2.75, 3.05) is 11.9 Å². The molecule has 0 aliphatic carbocycles. The molecule has 4 nitrogen and oxygen atoms in total. The van der Waals surface area contributed by atoms with Gasteiger partial charge in [-0.25, -0.2) is 4.39 Å². The Morgan fingerprint density at radius 2 is 2.05 bits per heavy atom. The van der Waals surface area contributed by atoms with E-state index in [0.29, 0.717) is 6.54 Å². The quantitative estimate of drug-likeness (QED) is 0.812. The molecule has 0 radical (unpaired) electrons. The van der Waals surface area contributed by atoms with Crippen LogP contribution < -0.4 is 15.4 Å². The van der Waals surface area contributed by atoms with Crippen molar-refractivity contribution >= 4 is 11.6 Å². The molecule has 1 aromatic rings. The third-order valence-corrected chi connectivity index (χ3v) is 2.34. The smallest absolute Gasteiger partial charge is 0.387 e. The average molecular weight is 290 g/mol. The topological polar surface area (TPSA) is 50.4 Å². The zero-order chi connectivity index (χ0) is 15.1. The zero-order valence-electron chi connectivity index (χ0n) is 11.3. The van der Waals surface area contributed by atoms with Crippen LogP contribution in [0.3, 0.4) is 0 Å². The molecule has 0 aliphatic heterocycles. The predicted octanol–water partition coefficient (Wildman–Crippen LogP) is 2.75. The van der Waals surface area contributed by atoms with E-state index in [1.165, 1.54) is 6.07 Å². The van der Waals surface area contributed by atoms with Crippen LogP contribution in [-0.4, -0.2) is 25.1 Å². The van der Waals surface area contributed by atoms with Crippen LogP contribution in [0.15, 0.2) is 18.2 Å². The third-order valence-electron chi connectivity index (χ3n) is 2.34. The second-order valence-electron chi connectivity index (χ2n) is 4.43. The van der Waals surface area contributed by atoms with Gasteiger partial charge in [-0.1, -0.05) is 13.8 Å². The van der Waals surface area contributed by atoms with E-state index in [-0.39, 0.29) is 24.1 Å². The fraction of sp³-hybridized carbons (Fsp3) is 0.462. The van der Waals surface area contributed by atoms with Crippen LogP contribution in [0.25, 0.3) is 0 Å². The highest BCUT2D eigenvalue weighted by atomic mass is 19.3. The van der Waals surface area contributed by atoms with E-state index < -0.39 is 18.2 Å². The van der Waals surface area contributed by atoms with Gasteiger partial charge in [0.2, 0.25) is 5.91 Å². The van der Waals surface area contributed by atoms with Crippen LogP contribution >= 0.6 is 0 Å². The van der Waals surface area contributed by atoms with E-state index in [1.54, 1.807) is 0 Å². The van der Waals surface area contributed by atoms with Crippen molar-refractivity contribution in [3.05, 3.63) is 24.0 Å². The average Bonchev–Trinajstić information content (AvgIpc) is 2.31. The minimum atomic E-state index is -3.09. The SMILES string of the molecule is CC(C)NCCC(=O)Nc1ccc(OC(F)F)c(F)c1. The molecule has 0 spiro atoms. The van der Waals surface area contributed by atoms with Crippen molar-refractivity contribution in [1.82, 2.24) is 5.32 Å². The minimum absolute atomic E-state index is 0.193. The molecule has 0 unspecified atom stereocenters. The maximum absolute atomic E-state index is 13.4. The maximum Gasteiger partial charge on any atom is 0.387 e. The molecule has 2 N–H and O–H groups in total. The molecule has 0 fully saturated rings. The summed E-state index contributed by atoms with van der Waals surface area (Å²) < 4.78 is 41.3. The predicted molar refractivity (Wildman–Crippen MR) is 69.4 cm³/mol. The summed E-state index contributed by atoms with van der Waals surface area (Å²) >= 11 is 0. The Morgan fingerprint density at radius 3 is 2.60 bits per heavy atom. The molecular weight excluding hydrogens is 273 g/mol. The molecule has 1 aromatic carbocycles. The number of amides is 1. The maximum atomic E-state index is 13.4. The first kappa shape index (κ1) is 16.3. The highest BCUT2D eigenvalue weighted by Crippen LogP contribution is 2.22. The first-order valence-corrected chi connectivity index (χ1v) is 6.16. The molecule has 112 valence electrons. The lowest BCUT2D eigenvalue weighted by atomic mass is 10.2. The van der Waals surface area contributed by atoms with Crippen LogP contribution in [0, 0.1) is 5.82 Å². The summed E-state index contributed by atoms with van der Waals surface area (Å²) in [5.41, 5.74) is 0.193. The lowest BCUT2D eigenvalue weighted by Gasteiger charge is -2.10. The van der Waals surface area contributed by atoms with Crippen LogP contribution in [-0.2, 0) is 4.79 Å². The summed E-state index contributed by atoms with van der Waals surface area (Å²) in [6, 6.07) is 3.55. The summed E-state index contributed by atoms with van der Waals surface area (Å²) in [5.74, 6) is -1.80. The van der Waals surface area contributed by atoms with Crippen molar-refractivity contribution < 1.29 is 22.7 Å². The number of rotatable bonds is 7. The number of carbonyl (C=O) groups excluding carboxylic acids is 1. The van der Waals surface area contributed by atoms with Crippen LogP contribution in [0.5, 0.6) is 5.75 Å². The number of halogens is 3. The second-order valence-corrected chi connectivity index (χ2v) is 4.43. The highest BCUT2D eigenvalue weighted by molar-refractivity contribution is 5.90. The molecule has 20 heavy (non-hydrogen) atoms. The van der Waals surface area contributed by atoms with Gasteiger partial charge in [0.1, 0.15) is 0 Å². The summed E-state index contributed by atoms with van der Waals surface area (Å²) in [4.78, 5) is 11.5. The lowest BCUT2D eigenvalue weighted by molar-refractivity contribution is -0.116. The van der Waals surface area contributed by atoms with Gasteiger partial charge in [0, 0.05) is 30.8 Å². The van der Waals surface area contributed by atoms with Crippen molar-refractivity contribution in [3.63, 3.8) is 0 Å². The molecular formula is C13H17F3N2O2. The monoisotopic (exact) mass is 290 g/mol. The van der Waals surface area contributed by atoms with Gasteiger partial charge < -0.3 is 15.4 Å². The zero-order valence-corrected chi connectivity index (χ0v) is 11.3. The second kappa shape index (κ2) is 7.74. The summed E-state index contributed by atoms with van der Waals surface area (Å²) in [6.07, 6.45) is 0.231. The van der Waals surface area contributed by atoms with E-state index in [1.807, 2.05) is 13.8 Å². The molecule has 0 aromatic heterocycles. The molecule has 0 atom stereocenters. The van der Waals surface area contributed by atoms with E-state index >= 15 is 0 Å². The highest BCUT2D eigenvalue weighted by Gasteiger charge is 2.11. The van der Waals surface area contributed by atoms with Gasteiger partial charge in [0.15, 0.2) is 11.6 Å². The van der Waals surface area contributed by atoms with Gasteiger partial charge in [0.05, 0.1) is 0 Å². The third kappa shape index (κ3) is 5.92. The largest absolute Gasteiger partial charge is 0.432 e. The van der Waals surface area contributed by atoms with Gasteiger partial charge in [-0.2, -0.15) is 8.78 Å². The Balaban J connectivity index is 2.52. The Labute approximate surface area is 115 Å². The standard InChI is InChI=1S/C13H17F3N2O2/c1-8(2)17-6-5-12(19)18-9-3-4-11(10(14)7-9)20-13(15)16/h3-4,7-8,13,17H,5-6H2,1-2H3,(H,18,19). The minimum Gasteiger partial charge on any atom is -0.432 e. The van der Waals surface area contributed by atoms with Crippen molar-refractivity contribution in [1.29, 1.82) is 0 Å². The van der Waals surface area contributed by atoms with Crippen molar-refractivity contribution in [3.8, 4) is 5.75 Å². The number of carbonyl (C=O) groups is 1. The van der Waals surface area contributed by atoms with E-state index in [9.17, 15) is 18.0 Å². The van der Waals surface area contributed by atoms with Crippen molar-refractivity contribution in [2.45, 2.75) is 32.9 Å². The lowest BCUT2D eigenvalue weighted by Crippen LogP contribution is -2.27. The van der Waals surface area contributed by atoms with Crippen molar-refractivity contribution in [2.24, 2.45) is 0 Å². The van der Waals surface area contributed by atoms with Gasteiger partial charge in [-0.05, 0) is 12.1 Å². The molecule has 0 saturated heterocycles. The molecule has 1 rings (SSSR count). The van der Waals surface area contributed by atoms with Crippen LogP contribution in [0.4, 0.5) is 18.9 Å². The Morgan fingerprint density at radius 1 is 1.35 bits per heavy atom. The van der Waals surface area contributed by atoms with Gasteiger partial charge in [-0.15, -0.1) is 0 Å². The number of nitrogens with one attached hydrogen (secondary N) is 2. The Hall–Kier alpha value is -1.76. The number of hydrogen-bond donors (Lipinski definition) is 2. The number of alkyl halides is 2. The Kier molecular flexibility index (Phi) is 6.30. The van der Waals surface area contributed by atoms with E-state index in [0.717, 1.165) is 12.1 Å². The molecule has 1 amide bonds. The van der Waals surface area contributed by atoms with E-state index in [4.69, 9.17) is 0 Å². The van der Waals surface area contributed by atoms with E-state index in [2.05, 4.69) is 15.4 Å². The summed E-state index contributed by atoms with van der Waals surface area (Å²) in [7, 11) is 0. The summed E-state index contributed by atoms with van der Waals surface area (Å²) in [6.45, 7) is 1.31. The molecule has 0 bridgehead atoms. The fourth-order valence-electron chi connectivity index (χ4n) is 1.47.